The van der Waals surface area contributed by atoms with E-state index in [2.05, 4.69) is 31.3 Å². The number of benzene rings is 1. The van der Waals surface area contributed by atoms with Crippen molar-refractivity contribution in [2.45, 2.75) is 25.9 Å². The van der Waals surface area contributed by atoms with Crippen molar-refractivity contribution in [2.24, 2.45) is 5.73 Å². The average molecular weight is 178 g/mol. The summed E-state index contributed by atoms with van der Waals surface area (Å²) in [6.45, 7) is 5.08. The minimum absolute atomic E-state index is 0.101. The van der Waals surface area contributed by atoms with Gasteiger partial charge in [0.05, 0.1) is 0 Å². The Morgan fingerprint density at radius 3 is 2.38 bits per heavy atom. The van der Waals surface area contributed by atoms with Crippen molar-refractivity contribution in [1.82, 2.24) is 5.32 Å². The van der Waals surface area contributed by atoms with Crippen molar-refractivity contribution in [3.8, 4) is 0 Å². The summed E-state index contributed by atoms with van der Waals surface area (Å²) in [5, 5.41) is 3.32. The molecule has 0 aliphatic carbocycles. The molecule has 0 saturated heterocycles. The lowest BCUT2D eigenvalue weighted by Gasteiger charge is -2.14. The maximum absolute atomic E-state index is 5.98. The Kier molecular flexibility index (Phi) is 3.93. The molecular formula is C11H18N2. The molecule has 72 valence electrons. The highest BCUT2D eigenvalue weighted by molar-refractivity contribution is 5.18. The van der Waals surface area contributed by atoms with Crippen LogP contribution in [0, 0.1) is 0 Å². The van der Waals surface area contributed by atoms with E-state index in [1.165, 1.54) is 5.56 Å². The zero-order chi connectivity index (χ0) is 9.68. The third-order valence-electron chi connectivity index (χ3n) is 1.97. The van der Waals surface area contributed by atoms with Crippen molar-refractivity contribution < 1.29 is 0 Å². The quantitative estimate of drug-likeness (QED) is 0.736. The average Bonchev–Trinajstić information content (AvgIpc) is 2.15. The van der Waals surface area contributed by atoms with Gasteiger partial charge < -0.3 is 11.1 Å². The number of nitrogens with one attached hydrogen (secondary N) is 1. The van der Waals surface area contributed by atoms with Crippen molar-refractivity contribution in [1.29, 1.82) is 0 Å². The van der Waals surface area contributed by atoms with Crippen molar-refractivity contribution in [3.63, 3.8) is 0 Å². The molecule has 0 heterocycles. The van der Waals surface area contributed by atoms with Crippen molar-refractivity contribution in [3.05, 3.63) is 35.9 Å². The molecule has 1 atom stereocenters. The highest BCUT2D eigenvalue weighted by atomic mass is 14.9. The van der Waals surface area contributed by atoms with Crippen LogP contribution in [0.5, 0.6) is 0 Å². The maximum Gasteiger partial charge on any atom is 0.0421 e. The van der Waals surface area contributed by atoms with Gasteiger partial charge in [0.25, 0.3) is 0 Å². The normalized spacial score (nSPS) is 13.2. The number of hydrogen-bond donors (Lipinski definition) is 2. The zero-order valence-corrected chi connectivity index (χ0v) is 8.33. The van der Waals surface area contributed by atoms with E-state index in [0.717, 1.165) is 6.54 Å². The Labute approximate surface area is 80.1 Å². The van der Waals surface area contributed by atoms with E-state index in [1.54, 1.807) is 0 Å². The molecule has 0 radical (unpaired) electrons. The van der Waals surface area contributed by atoms with Gasteiger partial charge in [0.1, 0.15) is 0 Å². The van der Waals surface area contributed by atoms with Crippen LogP contribution in [0.15, 0.2) is 30.3 Å². The Bertz CT molecular complexity index is 231. The first-order valence-electron chi connectivity index (χ1n) is 4.74. The summed E-state index contributed by atoms with van der Waals surface area (Å²) < 4.78 is 0. The third-order valence-corrected chi connectivity index (χ3v) is 1.97. The molecule has 3 N–H and O–H groups in total. The van der Waals surface area contributed by atoms with Crippen LogP contribution in [-0.4, -0.2) is 12.6 Å². The lowest BCUT2D eigenvalue weighted by atomic mass is 10.1. The van der Waals surface area contributed by atoms with Crippen LogP contribution in [0.2, 0.25) is 0 Å². The van der Waals surface area contributed by atoms with E-state index in [0.29, 0.717) is 6.04 Å². The summed E-state index contributed by atoms with van der Waals surface area (Å²) in [6, 6.07) is 10.8. The molecule has 0 aliphatic heterocycles. The summed E-state index contributed by atoms with van der Waals surface area (Å²) in [4.78, 5) is 0. The van der Waals surface area contributed by atoms with Gasteiger partial charge in [-0.05, 0) is 5.56 Å². The molecule has 13 heavy (non-hydrogen) atoms. The molecule has 1 aromatic carbocycles. The van der Waals surface area contributed by atoms with Gasteiger partial charge in [-0.2, -0.15) is 0 Å². The minimum atomic E-state index is 0.101. The first kappa shape index (κ1) is 10.2. The molecule has 1 rings (SSSR count). The SMILES string of the molecule is CC(C)NC[C@@H](N)c1ccccc1. The van der Waals surface area contributed by atoms with Gasteiger partial charge in [0, 0.05) is 18.6 Å². The van der Waals surface area contributed by atoms with Crippen LogP contribution in [0.25, 0.3) is 0 Å². The summed E-state index contributed by atoms with van der Waals surface area (Å²) >= 11 is 0. The molecule has 0 saturated carbocycles. The van der Waals surface area contributed by atoms with Crippen LogP contribution in [0.4, 0.5) is 0 Å². The van der Waals surface area contributed by atoms with Gasteiger partial charge in [-0.15, -0.1) is 0 Å². The van der Waals surface area contributed by atoms with E-state index in [9.17, 15) is 0 Å². The smallest absolute Gasteiger partial charge is 0.0421 e. The first-order valence-corrected chi connectivity index (χ1v) is 4.74. The maximum atomic E-state index is 5.98. The van der Waals surface area contributed by atoms with E-state index in [4.69, 9.17) is 5.73 Å². The van der Waals surface area contributed by atoms with Gasteiger partial charge in [-0.25, -0.2) is 0 Å². The Morgan fingerprint density at radius 2 is 1.85 bits per heavy atom. The molecule has 0 unspecified atom stereocenters. The van der Waals surface area contributed by atoms with E-state index in [-0.39, 0.29) is 6.04 Å². The summed E-state index contributed by atoms with van der Waals surface area (Å²) in [6.07, 6.45) is 0. The van der Waals surface area contributed by atoms with Gasteiger partial charge >= 0.3 is 0 Å². The molecule has 2 nitrogen and oxygen atoms in total. The molecule has 0 aromatic heterocycles. The van der Waals surface area contributed by atoms with Gasteiger partial charge in [-0.1, -0.05) is 44.2 Å². The molecule has 0 bridgehead atoms. The van der Waals surface area contributed by atoms with Crippen LogP contribution in [-0.2, 0) is 0 Å². The Hall–Kier alpha value is -0.860. The number of rotatable bonds is 4. The fourth-order valence-electron chi connectivity index (χ4n) is 1.18. The molecule has 0 amide bonds. The van der Waals surface area contributed by atoms with Crippen LogP contribution >= 0.6 is 0 Å². The second-order valence-corrected chi connectivity index (χ2v) is 3.58. The summed E-state index contributed by atoms with van der Waals surface area (Å²) in [7, 11) is 0. The second-order valence-electron chi connectivity index (χ2n) is 3.58. The van der Waals surface area contributed by atoms with Gasteiger partial charge in [0.2, 0.25) is 0 Å². The van der Waals surface area contributed by atoms with Crippen LogP contribution in [0.1, 0.15) is 25.5 Å². The highest BCUT2D eigenvalue weighted by Crippen LogP contribution is 2.07. The highest BCUT2D eigenvalue weighted by Gasteiger charge is 2.04. The second kappa shape index (κ2) is 5.00. The van der Waals surface area contributed by atoms with E-state index >= 15 is 0 Å². The topological polar surface area (TPSA) is 38.0 Å². The molecule has 0 spiro atoms. The van der Waals surface area contributed by atoms with E-state index < -0.39 is 0 Å². The lowest BCUT2D eigenvalue weighted by Crippen LogP contribution is -2.31. The molecule has 0 fully saturated rings. The Balaban J connectivity index is 2.44. The van der Waals surface area contributed by atoms with Crippen LogP contribution < -0.4 is 11.1 Å². The lowest BCUT2D eigenvalue weighted by molar-refractivity contribution is 0.538. The predicted octanol–water partition coefficient (Wildman–Crippen LogP) is 1.68. The number of nitrogens with two attached hydrogens (primary N) is 1. The first-order chi connectivity index (χ1) is 6.20. The van der Waals surface area contributed by atoms with Gasteiger partial charge in [0.15, 0.2) is 0 Å². The largest absolute Gasteiger partial charge is 0.323 e. The van der Waals surface area contributed by atoms with Crippen LogP contribution in [0.3, 0.4) is 0 Å². The third kappa shape index (κ3) is 3.57. The standard InChI is InChI=1S/C11H18N2/c1-9(2)13-8-11(12)10-6-4-3-5-7-10/h3-7,9,11,13H,8,12H2,1-2H3/t11-/m1/s1. The monoisotopic (exact) mass is 178 g/mol. The van der Waals surface area contributed by atoms with Crippen molar-refractivity contribution >= 4 is 0 Å². The van der Waals surface area contributed by atoms with E-state index in [1.807, 2.05) is 18.2 Å². The minimum Gasteiger partial charge on any atom is -0.323 e. The molecule has 1 aromatic rings. The zero-order valence-electron chi connectivity index (χ0n) is 8.33. The summed E-state index contributed by atoms with van der Waals surface area (Å²) in [5.41, 5.74) is 7.17. The summed E-state index contributed by atoms with van der Waals surface area (Å²) in [5.74, 6) is 0. The van der Waals surface area contributed by atoms with Crippen molar-refractivity contribution in [2.75, 3.05) is 6.54 Å². The molecule has 0 aliphatic rings. The van der Waals surface area contributed by atoms with Gasteiger partial charge in [-0.3, -0.25) is 0 Å². The molecular weight excluding hydrogens is 160 g/mol. The predicted molar refractivity (Wildman–Crippen MR) is 56.5 cm³/mol. The fraction of sp³-hybridized carbons (Fsp3) is 0.455. The Morgan fingerprint density at radius 1 is 1.23 bits per heavy atom. The fourth-order valence-corrected chi connectivity index (χ4v) is 1.18. The molecule has 2 heteroatoms. The number of hydrogen-bond acceptors (Lipinski definition) is 2.